The zero-order chi connectivity index (χ0) is 22.4. The van der Waals surface area contributed by atoms with Crippen LogP contribution < -0.4 is 10.2 Å². The Hall–Kier alpha value is -2.90. The maximum absolute atomic E-state index is 12.7. The molecule has 1 fully saturated rings. The van der Waals surface area contributed by atoms with Crippen molar-refractivity contribution in [2.24, 2.45) is 5.92 Å². The predicted octanol–water partition coefficient (Wildman–Crippen LogP) is 2.65. The van der Waals surface area contributed by atoms with Gasteiger partial charge in [0, 0.05) is 38.8 Å². The molecular weight excluding hydrogens is 394 g/mol. The molecule has 0 radical (unpaired) electrons. The summed E-state index contributed by atoms with van der Waals surface area (Å²) in [6.07, 6.45) is 6.46. The van der Waals surface area contributed by atoms with Crippen LogP contribution in [0.5, 0.6) is 0 Å². The van der Waals surface area contributed by atoms with Gasteiger partial charge in [0.1, 0.15) is 11.5 Å². The number of nitrogens with zero attached hydrogens (tertiary/aromatic N) is 4. The zero-order valence-electron chi connectivity index (χ0n) is 18.8. The molecule has 2 aromatic heterocycles. The van der Waals surface area contributed by atoms with E-state index in [0.29, 0.717) is 49.6 Å². The zero-order valence-corrected chi connectivity index (χ0v) is 18.8. The maximum Gasteiger partial charge on any atom is 0.252 e. The molecule has 0 aromatic carbocycles. The second-order valence-corrected chi connectivity index (χ2v) is 8.46. The Kier molecular flexibility index (Phi) is 7.65. The van der Waals surface area contributed by atoms with Crippen LogP contribution in [-0.4, -0.2) is 58.7 Å². The Balaban J connectivity index is 1.72. The smallest absolute Gasteiger partial charge is 0.252 e. The molecular formula is C23H33N5O3. The number of hydrogen-bond donors (Lipinski definition) is 1. The number of imidazole rings is 1. The second kappa shape index (κ2) is 10.4. The average Bonchev–Trinajstić information content (AvgIpc) is 3.34. The lowest BCUT2D eigenvalue weighted by molar-refractivity contribution is -0.127. The summed E-state index contributed by atoms with van der Waals surface area (Å²) in [5.74, 6) is 1.24. The molecule has 1 aliphatic heterocycles. The van der Waals surface area contributed by atoms with E-state index < -0.39 is 0 Å². The summed E-state index contributed by atoms with van der Waals surface area (Å²) in [6.45, 7) is 8.86. The van der Waals surface area contributed by atoms with Gasteiger partial charge in [-0.3, -0.25) is 23.7 Å². The van der Waals surface area contributed by atoms with Crippen molar-refractivity contribution in [2.75, 3.05) is 31.1 Å². The van der Waals surface area contributed by atoms with E-state index >= 15 is 0 Å². The maximum atomic E-state index is 12.7. The van der Waals surface area contributed by atoms with Gasteiger partial charge in [-0.05, 0) is 43.7 Å². The number of rotatable bonds is 11. The Labute approximate surface area is 183 Å². The summed E-state index contributed by atoms with van der Waals surface area (Å²) in [6, 6.07) is 3.57. The van der Waals surface area contributed by atoms with Crippen molar-refractivity contribution in [2.45, 2.75) is 52.9 Å². The van der Waals surface area contributed by atoms with E-state index in [1.54, 1.807) is 17.2 Å². The lowest BCUT2D eigenvalue weighted by Crippen LogP contribution is -2.30. The number of carbonyl (C=O) groups is 3. The Morgan fingerprint density at radius 2 is 2.16 bits per heavy atom. The highest BCUT2D eigenvalue weighted by molar-refractivity contribution is 5.94. The third kappa shape index (κ3) is 5.42. The largest absolute Gasteiger partial charge is 0.352 e. The number of hydrogen-bond acceptors (Lipinski definition) is 4. The summed E-state index contributed by atoms with van der Waals surface area (Å²) >= 11 is 0. The lowest BCUT2D eigenvalue weighted by atomic mass is 10.1. The standard InChI is InChI=1S/C23H33N5O3/c1-4-19-23(27(16-29)14-10-17(2)3)28-15-18(8-9-20(28)25-19)22(31)24-11-6-13-26-12-5-7-21(26)30/h8-9,15-17H,4-7,10-14H2,1-3H3,(H,24,31). The van der Waals surface area contributed by atoms with E-state index in [2.05, 4.69) is 24.1 Å². The number of likely N-dealkylation sites (tertiary alicyclic amines) is 1. The van der Waals surface area contributed by atoms with Gasteiger partial charge in [-0.2, -0.15) is 0 Å². The van der Waals surface area contributed by atoms with Gasteiger partial charge in [-0.25, -0.2) is 4.98 Å². The van der Waals surface area contributed by atoms with Crippen molar-refractivity contribution in [3.63, 3.8) is 0 Å². The van der Waals surface area contributed by atoms with Crippen LogP contribution in [0.25, 0.3) is 5.65 Å². The van der Waals surface area contributed by atoms with Gasteiger partial charge in [0.05, 0.1) is 11.3 Å². The molecule has 1 N–H and O–H groups in total. The number of aryl methyl sites for hydroxylation is 1. The normalized spacial score (nSPS) is 13.9. The van der Waals surface area contributed by atoms with Crippen LogP contribution in [0.1, 0.15) is 62.5 Å². The monoisotopic (exact) mass is 427 g/mol. The van der Waals surface area contributed by atoms with Gasteiger partial charge in [-0.1, -0.05) is 20.8 Å². The van der Waals surface area contributed by atoms with Crippen molar-refractivity contribution in [1.82, 2.24) is 19.6 Å². The van der Waals surface area contributed by atoms with Crippen LogP contribution in [-0.2, 0) is 16.0 Å². The first kappa shape index (κ1) is 22.8. The number of anilines is 1. The predicted molar refractivity (Wildman–Crippen MR) is 120 cm³/mol. The molecule has 3 heterocycles. The fourth-order valence-corrected chi connectivity index (χ4v) is 3.88. The minimum absolute atomic E-state index is 0.174. The molecule has 8 nitrogen and oxygen atoms in total. The first-order valence-corrected chi connectivity index (χ1v) is 11.2. The third-order valence-electron chi connectivity index (χ3n) is 5.67. The van der Waals surface area contributed by atoms with Crippen LogP contribution in [0.2, 0.25) is 0 Å². The number of pyridine rings is 1. The van der Waals surface area contributed by atoms with Crippen LogP contribution in [0.15, 0.2) is 18.3 Å². The number of aromatic nitrogens is 2. The van der Waals surface area contributed by atoms with Crippen molar-refractivity contribution >= 4 is 29.7 Å². The number of nitrogens with one attached hydrogen (secondary N) is 1. The first-order valence-electron chi connectivity index (χ1n) is 11.2. The number of amides is 3. The van der Waals surface area contributed by atoms with Crippen LogP contribution in [0.4, 0.5) is 5.82 Å². The van der Waals surface area contributed by atoms with E-state index in [9.17, 15) is 14.4 Å². The van der Waals surface area contributed by atoms with E-state index in [1.807, 2.05) is 22.3 Å². The molecule has 0 aliphatic carbocycles. The molecule has 1 saturated heterocycles. The van der Waals surface area contributed by atoms with Gasteiger partial charge in [0.15, 0.2) is 0 Å². The number of carbonyl (C=O) groups excluding carboxylic acids is 3. The van der Waals surface area contributed by atoms with E-state index in [0.717, 1.165) is 43.7 Å². The molecule has 31 heavy (non-hydrogen) atoms. The Bertz CT molecular complexity index is 937. The highest BCUT2D eigenvalue weighted by Crippen LogP contribution is 2.24. The van der Waals surface area contributed by atoms with Gasteiger partial charge in [0.2, 0.25) is 12.3 Å². The molecule has 0 bridgehead atoms. The van der Waals surface area contributed by atoms with Crippen molar-refractivity contribution in [1.29, 1.82) is 0 Å². The summed E-state index contributed by atoms with van der Waals surface area (Å²) < 4.78 is 1.84. The summed E-state index contributed by atoms with van der Waals surface area (Å²) in [5.41, 5.74) is 2.07. The molecule has 168 valence electrons. The summed E-state index contributed by atoms with van der Waals surface area (Å²) in [4.78, 5) is 44.4. The molecule has 2 aromatic rings. The first-order chi connectivity index (χ1) is 14.9. The molecule has 1 aliphatic rings. The Morgan fingerprint density at radius 3 is 2.81 bits per heavy atom. The van der Waals surface area contributed by atoms with E-state index in [4.69, 9.17) is 0 Å². The molecule has 0 spiro atoms. The van der Waals surface area contributed by atoms with Gasteiger partial charge < -0.3 is 10.2 Å². The Morgan fingerprint density at radius 1 is 1.35 bits per heavy atom. The summed E-state index contributed by atoms with van der Waals surface area (Å²) in [7, 11) is 0. The van der Waals surface area contributed by atoms with Crippen molar-refractivity contribution in [3.8, 4) is 0 Å². The SMILES string of the molecule is CCc1nc2ccc(C(=O)NCCCN3CCCC3=O)cn2c1N(C=O)CCC(C)C. The van der Waals surface area contributed by atoms with Crippen molar-refractivity contribution in [3.05, 3.63) is 29.6 Å². The van der Waals surface area contributed by atoms with E-state index in [-0.39, 0.29) is 11.8 Å². The fourth-order valence-electron chi connectivity index (χ4n) is 3.88. The molecule has 3 rings (SSSR count). The fraction of sp³-hybridized carbons (Fsp3) is 0.565. The van der Waals surface area contributed by atoms with Crippen LogP contribution in [0.3, 0.4) is 0 Å². The minimum Gasteiger partial charge on any atom is -0.352 e. The average molecular weight is 428 g/mol. The molecule has 0 atom stereocenters. The quantitative estimate of drug-likeness (QED) is 0.441. The summed E-state index contributed by atoms with van der Waals surface area (Å²) in [5, 5.41) is 2.93. The lowest BCUT2D eigenvalue weighted by Gasteiger charge is -2.19. The molecule has 0 saturated carbocycles. The highest BCUT2D eigenvalue weighted by Gasteiger charge is 2.20. The minimum atomic E-state index is -0.174. The highest BCUT2D eigenvalue weighted by atomic mass is 16.2. The second-order valence-electron chi connectivity index (χ2n) is 8.46. The molecule has 0 unspecified atom stereocenters. The third-order valence-corrected chi connectivity index (χ3v) is 5.67. The van der Waals surface area contributed by atoms with E-state index in [1.165, 1.54) is 0 Å². The number of fused-ring (bicyclic) bond motifs is 1. The molecule has 3 amide bonds. The topological polar surface area (TPSA) is 87.0 Å². The van der Waals surface area contributed by atoms with Crippen LogP contribution in [0, 0.1) is 5.92 Å². The van der Waals surface area contributed by atoms with Crippen LogP contribution >= 0.6 is 0 Å². The van der Waals surface area contributed by atoms with Crippen molar-refractivity contribution < 1.29 is 14.4 Å². The van der Waals surface area contributed by atoms with Gasteiger partial charge >= 0.3 is 0 Å². The van der Waals surface area contributed by atoms with Gasteiger partial charge in [0.25, 0.3) is 5.91 Å². The van der Waals surface area contributed by atoms with Gasteiger partial charge in [-0.15, -0.1) is 0 Å². The molecule has 8 heteroatoms.